The van der Waals surface area contributed by atoms with Crippen LogP contribution in [0.5, 0.6) is 0 Å². The Kier molecular flexibility index (Phi) is 3.85. The number of rotatable bonds is 3. The minimum Gasteiger partial charge on any atom is -0.363 e. The van der Waals surface area contributed by atoms with E-state index in [1.54, 1.807) is 18.9 Å². The summed E-state index contributed by atoms with van der Waals surface area (Å²) in [7, 11) is 1.79. The van der Waals surface area contributed by atoms with Gasteiger partial charge in [-0.05, 0) is 11.8 Å². The zero-order valence-electron chi connectivity index (χ0n) is 10.2. The molecule has 0 radical (unpaired) electrons. The number of methoxy groups -OCH3 is 1. The highest BCUT2D eigenvalue weighted by atomic mass is 32.2. The Bertz CT molecular complexity index is 296. The summed E-state index contributed by atoms with van der Waals surface area (Å²) < 4.78 is 5.80. The SMILES string of the molecule is COC(SC)(c1ccccc1)C(C)(C)C. The Morgan fingerprint density at radius 2 is 1.60 bits per heavy atom. The standard InChI is InChI=1S/C13H20OS/c1-12(2,3)13(14-4,15-5)11-9-7-6-8-10-11/h6-10H,1-5H3. The summed E-state index contributed by atoms with van der Waals surface area (Å²) in [4.78, 5) is -0.270. The Morgan fingerprint density at radius 3 is 1.93 bits per heavy atom. The summed E-state index contributed by atoms with van der Waals surface area (Å²) in [5, 5.41) is 0. The minimum atomic E-state index is -0.270. The monoisotopic (exact) mass is 224 g/mol. The summed E-state index contributed by atoms with van der Waals surface area (Å²) in [5.74, 6) is 0. The maximum Gasteiger partial charge on any atom is 0.143 e. The normalized spacial score (nSPS) is 16.1. The van der Waals surface area contributed by atoms with Crippen LogP contribution in [0.15, 0.2) is 30.3 Å². The van der Waals surface area contributed by atoms with E-state index in [1.807, 2.05) is 6.07 Å². The first-order valence-electron chi connectivity index (χ1n) is 5.14. The van der Waals surface area contributed by atoms with Crippen molar-refractivity contribution < 1.29 is 4.74 Å². The van der Waals surface area contributed by atoms with Gasteiger partial charge in [0.05, 0.1) is 0 Å². The predicted molar refractivity (Wildman–Crippen MR) is 68.1 cm³/mol. The van der Waals surface area contributed by atoms with Gasteiger partial charge in [0.2, 0.25) is 0 Å². The number of hydrogen-bond acceptors (Lipinski definition) is 2. The molecule has 0 bridgehead atoms. The van der Waals surface area contributed by atoms with Crippen molar-refractivity contribution in [2.75, 3.05) is 13.4 Å². The average Bonchev–Trinajstić information content (AvgIpc) is 2.20. The Labute approximate surface area is 97.2 Å². The van der Waals surface area contributed by atoms with E-state index in [9.17, 15) is 0 Å². The topological polar surface area (TPSA) is 9.23 Å². The van der Waals surface area contributed by atoms with Crippen LogP contribution in [0.1, 0.15) is 26.3 Å². The summed E-state index contributed by atoms with van der Waals surface area (Å²) in [6, 6.07) is 10.4. The Hall–Kier alpha value is -0.470. The molecular weight excluding hydrogens is 204 g/mol. The van der Waals surface area contributed by atoms with E-state index in [0.29, 0.717) is 0 Å². The van der Waals surface area contributed by atoms with Gasteiger partial charge in [0.15, 0.2) is 0 Å². The fourth-order valence-corrected chi connectivity index (χ4v) is 3.17. The quantitative estimate of drug-likeness (QED) is 0.720. The lowest BCUT2D eigenvalue weighted by molar-refractivity contribution is -0.0187. The smallest absolute Gasteiger partial charge is 0.143 e. The first-order valence-corrected chi connectivity index (χ1v) is 6.36. The van der Waals surface area contributed by atoms with Crippen LogP contribution in [0, 0.1) is 5.41 Å². The lowest BCUT2D eigenvalue weighted by Gasteiger charge is -2.42. The van der Waals surface area contributed by atoms with Gasteiger partial charge in [-0.15, -0.1) is 11.8 Å². The van der Waals surface area contributed by atoms with Gasteiger partial charge in [0.25, 0.3) is 0 Å². The molecule has 1 aromatic rings. The molecule has 1 rings (SSSR count). The molecule has 0 aliphatic rings. The van der Waals surface area contributed by atoms with E-state index >= 15 is 0 Å². The molecule has 0 aliphatic carbocycles. The molecule has 1 nitrogen and oxygen atoms in total. The second kappa shape index (κ2) is 4.58. The maximum absolute atomic E-state index is 5.80. The third-order valence-electron chi connectivity index (χ3n) is 2.72. The lowest BCUT2D eigenvalue weighted by atomic mass is 9.84. The molecule has 1 aromatic carbocycles. The van der Waals surface area contributed by atoms with Gasteiger partial charge in [-0.3, -0.25) is 0 Å². The van der Waals surface area contributed by atoms with Crippen molar-refractivity contribution in [3.63, 3.8) is 0 Å². The fraction of sp³-hybridized carbons (Fsp3) is 0.538. The molecule has 0 heterocycles. The molecule has 0 saturated heterocycles. The van der Waals surface area contributed by atoms with Crippen LogP contribution >= 0.6 is 11.8 Å². The van der Waals surface area contributed by atoms with Crippen molar-refractivity contribution >= 4 is 11.8 Å². The van der Waals surface area contributed by atoms with Gasteiger partial charge in [-0.1, -0.05) is 51.1 Å². The zero-order valence-corrected chi connectivity index (χ0v) is 11.0. The molecule has 0 fully saturated rings. The van der Waals surface area contributed by atoms with Crippen LogP contribution in [0.4, 0.5) is 0 Å². The van der Waals surface area contributed by atoms with Crippen molar-refractivity contribution in [2.45, 2.75) is 25.7 Å². The van der Waals surface area contributed by atoms with Crippen LogP contribution in [0.3, 0.4) is 0 Å². The van der Waals surface area contributed by atoms with Crippen LogP contribution in [0.25, 0.3) is 0 Å². The van der Waals surface area contributed by atoms with Gasteiger partial charge in [0.1, 0.15) is 4.93 Å². The molecule has 1 unspecified atom stereocenters. The highest BCUT2D eigenvalue weighted by Crippen LogP contribution is 2.49. The van der Waals surface area contributed by atoms with Gasteiger partial charge in [-0.2, -0.15) is 0 Å². The fourth-order valence-electron chi connectivity index (χ4n) is 2.02. The minimum absolute atomic E-state index is 0.0581. The molecule has 2 heteroatoms. The van der Waals surface area contributed by atoms with E-state index in [1.165, 1.54) is 5.56 Å². The molecule has 0 aromatic heterocycles. The van der Waals surface area contributed by atoms with E-state index in [0.717, 1.165) is 0 Å². The van der Waals surface area contributed by atoms with Crippen molar-refractivity contribution in [1.82, 2.24) is 0 Å². The highest BCUT2D eigenvalue weighted by Gasteiger charge is 2.43. The predicted octanol–water partition coefficient (Wildman–Crippen LogP) is 3.89. The largest absolute Gasteiger partial charge is 0.363 e. The first kappa shape index (κ1) is 12.6. The molecule has 1 atom stereocenters. The van der Waals surface area contributed by atoms with E-state index in [-0.39, 0.29) is 10.3 Å². The molecular formula is C13H20OS. The van der Waals surface area contributed by atoms with Gasteiger partial charge >= 0.3 is 0 Å². The molecule has 15 heavy (non-hydrogen) atoms. The molecule has 84 valence electrons. The first-order chi connectivity index (χ1) is 6.98. The number of benzene rings is 1. The summed E-state index contributed by atoms with van der Waals surface area (Å²) in [6.07, 6.45) is 2.10. The molecule has 0 aliphatic heterocycles. The molecule has 0 saturated carbocycles. The van der Waals surface area contributed by atoms with Crippen LogP contribution in [-0.2, 0) is 9.67 Å². The second-order valence-corrected chi connectivity index (χ2v) is 5.62. The summed E-state index contributed by atoms with van der Waals surface area (Å²) in [5.41, 5.74) is 1.29. The van der Waals surface area contributed by atoms with Crippen molar-refractivity contribution in [3.05, 3.63) is 35.9 Å². The number of ether oxygens (including phenoxy) is 1. The molecule has 0 spiro atoms. The van der Waals surface area contributed by atoms with E-state index in [4.69, 9.17) is 4.74 Å². The second-order valence-electron chi connectivity index (χ2n) is 4.64. The highest BCUT2D eigenvalue weighted by molar-refractivity contribution is 7.99. The molecule has 0 amide bonds. The summed E-state index contributed by atoms with van der Waals surface area (Å²) in [6.45, 7) is 6.62. The maximum atomic E-state index is 5.80. The van der Waals surface area contributed by atoms with Gasteiger partial charge in [0, 0.05) is 12.5 Å². The zero-order chi connectivity index (χ0) is 11.5. The Morgan fingerprint density at radius 1 is 1.07 bits per heavy atom. The van der Waals surface area contributed by atoms with E-state index < -0.39 is 0 Å². The third-order valence-corrected chi connectivity index (χ3v) is 4.31. The summed E-state index contributed by atoms with van der Waals surface area (Å²) >= 11 is 1.76. The van der Waals surface area contributed by atoms with Crippen LogP contribution in [0.2, 0.25) is 0 Å². The Balaban J connectivity index is 3.24. The molecule has 0 N–H and O–H groups in total. The average molecular weight is 224 g/mol. The lowest BCUT2D eigenvalue weighted by Crippen LogP contribution is -2.38. The van der Waals surface area contributed by atoms with Crippen molar-refractivity contribution in [2.24, 2.45) is 5.41 Å². The third kappa shape index (κ3) is 2.21. The van der Waals surface area contributed by atoms with Crippen molar-refractivity contribution in [3.8, 4) is 0 Å². The van der Waals surface area contributed by atoms with Crippen LogP contribution in [-0.4, -0.2) is 13.4 Å². The van der Waals surface area contributed by atoms with Crippen molar-refractivity contribution in [1.29, 1.82) is 0 Å². The van der Waals surface area contributed by atoms with Gasteiger partial charge in [-0.25, -0.2) is 0 Å². The van der Waals surface area contributed by atoms with Gasteiger partial charge < -0.3 is 4.74 Å². The van der Waals surface area contributed by atoms with Crippen LogP contribution < -0.4 is 0 Å². The number of hydrogen-bond donors (Lipinski definition) is 0. The van der Waals surface area contributed by atoms with E-state index in [2.05, 4.69) is 51.3 Å². The number of thioether (sulfide) groups is 1.